The Morgan fingerprint density at radius 1 is 1.62 bits per heavy atom. The van der Waals surface area contributed by atoms with Crippen molar-refractivity contribution in [2.75, 3.05) is 12.4 Å². The lowest BCUT2D eigenvalue weighted by molar-refractivity contribution is 0.296. The Hall–Kier alpha value is 0.230. The van der Waals surface area contributed by atoms with Gasteiger partial charge in [0.25, 0.3) is 0 Å². The number of halogens is 2. The molecule has 5 heteroatoms. The van der Waals surface area contributed by atoms with E-state index in [2.05, 4.69) is 20.9 Å². The molecule has 2 nitrogen and oxygen atoms in total. The van der Waals surface area contributed by atoms with E-state index < -0.39 is 0 Å². The van der Waals surface area contributed by atoms with Crippen molar-refractivity contribution in [2.24, 2.45) is 0 Å². The minimum absolute atomic E-state index is 0.209. The van der Waals surface area contributed by atoms with Crippen molar-refractivity contribution >= 4 is 39.3 Å². The van der Waals surface area contributed by atoms with Crippen LogP contribution in [-0.2, 0) is 0 Å². The number of aromatic nitrogens is 1. The molecule has 72 valence electrons. The molecule has 0 atom stereocenters. The van der Waals surface area contributed by atoms with Crippen LogP contribution in [0.5, 0.6) is 0 Å². The van der Waals surface area contributed by atoms with E-state index in [0.717, 1.165) is 21.7 Å². The molecule has 0 aromatic carbocycles. The Labute approximate surface area is 94.8 Å². The number of hydrogen-bond donors (Lipinski definition) is 1. The summed E-state index contributed by atoms with van der Waals surface area (Å²) in [5, 5.41) is 10.1. The summed E-state index contributed by atoms with van der Waals surface area (Å²) in [6.45, 7) is 0.209. The second-order valence-corrected chi connectivity index (χ2v) is 4.77. The maximum atomic E-state index is 8.58. The predicted molar refractivity (Wildman–Crippen MR) is 59.4 cm³/mol. The minimum Gasteiger partial charge on any atom is -0.396 e. The standard InChI is InChI=1S/C8H9BrClNOS/c9-6-4-7(10)8(11-5-6)13-3-1-2-12/h4-5,12H,1-3H2. The monoisotopic (exact) mass is 281 g/mol. The maximum absolute atomic E-state index is 8.58. The van der Waals surface area contributed by atoms with Crippen molar-refractivity contribution in [1.82, 2.24) is 4.98 Å². The minimum atomic E-state index is 0.209. The third kappa shape index (κ3) is 3.85. The molecule has 0 spiro atoms. The van der Waals surface area contributed by atoms with Crippen LogP contribution in [-0.4, -0.2) is 22.5 Å². The Kier molecular flexibility index (Phi) is 5.09. The first-order valence-corrected chi connectivity index (χ1v) is 5.94. The van der Waals surface area contributed by atoms with Crippen LogP contribution in [0, 0.1) is 0 Å². The van der Waals surface area contributed by atoms with Crippen LogP contribution in [0.1, 0.15) is 6.42 Å². The summed E-state index contributed by atoms with van der Waals surface area (Å²) in [6.07, 6.45) is 2.48. The van der Waals surface area contributed by atoms with Crippen LogP contribution in [0.3, 0.4) is 0 Å². The van der Waals surface area contributed by atoms with Gasteiger partial charge in [0.2, 0.25) is 0 Å². The van der Waals surface area contributed by atoms with Gasteiger partial charge >= 0.3 is 0 Å². The summed E-state index contributed by atoms with van der Waals surface area (Å²) < 4.78 is 0.879. The highest BCUT2D eigenvalue weighted by molar-refractivity contribution is 9.10. The van der Waals surface area contributed by atoms with Gasteiger partial charge in [-0.2, -0.15) is 0 Å². The van der Waals surface area contributed by atoms with Crippen LogP contribution in [0.25, 0.3) is 0 Å². The smallest absolute Gasteiger partial charge is 0.115 e. The van der Waals surface area contributed by atoms with E-state index in [1.165, 1.54) is 0 Å². The first kappa shape index (κ1) is 11.3. The van der Waals surface area contributed by atoms with Crippen molar-refractivity contribution in [3.63, 3.8) is 0 Å². The van der Waals surface area contributed by atoms with E-state index in [0.29, 0.717) is 5.02 Å². The molecule has 0 amide bonds. The Morgan fingerprint density at radius 2 is 2.38 bits per heavy atom. The molecular weight excluding hydrogens is 274 g/mol. The van der Waals surface area contributed by atoms with Crippen molar-refractivity contribution in [2.45, 2.75) is 11.4 Å². The predicted octanol–water partition coefficient (Wildman–Crippen LogP) is 2.97. The fraction of sp³-hybridized carbons (Fsp3) is 0.375. The van der Waals surface area contributed by atoms with Gasteiger partial charge in [0.1, 0.15) is 5.03 Å². The molecule has 1 heterocycles. The topological polar surface area (TPSA) is 33.1 Å². The normalized spacial score (nSPS) is 10.4. The highest BCUT2D eigenvalue weighted by Gasteiger charge is 2.02. The molecule has 1 aromatic heterocycles. The summed E-state index contributed by atoms with van der Waals surface area (Å²) in [4.78, 5) is 4.15. The number of aliphatic hydroxyl groups excluding tert-OH is 1. The molecule has 0 saturated heterocycles. The van der Waals surface area contributed by atoms with Crippen molar-refractivity contribution < 1.29 is 5.11 Å². The number of aliphatic hydroxyl groups is 1. The molecule has 0 aliphatic rings. The van der Waals surface area contributed by atoms with E-state index >= 15 is 0 Å². The summed E-state index contributed by atoms with van der Waals surface area (Å²) in [6, 6.07) is 1.82. The molecule has 13 heavy (non-hydrogen) atoms. The molecule has 1 rings (SSSR count). The zero-order valence-corrected chi connectivity index (χ0v) is 9.99. The van der Waals surface area contributed by atoms with Gasteiger partial charge in [-0.15, -0.1) is 11.8 Å². The van der Waals surface area contributed by atoms with Crippen molar-refractivity contribution in [3.05, 3.63) is 21.8 Å². The Morgan fingerprint density at radius 3 is 3.00 bits per heavy atom. The Balaban J connectivity index is 2.56. The van der Waals surface area contributed by atoms with Gasteiger partial charge < -0.3 is 5.11 Å². The molecule has 1 aromatic rings. The number of thioether (sulfide) groups is 1. The maximum Gasteiger partial charge on any atom is 0.115 e. The second kappa shape index (κ2) is 5.86. The van der Waals surface area contributed by atoms with Crippen molar-refractivity contribution in [3.8, 4) is 0 Å². The first-order valence-electron chi connectivity index (χ1n) is 3.78. The summed E-state index contributed by atoms with van der Waals surface area (Å²) in [5.41, 5.74) is 0. The third-order valence-electron chi connectivity index (χ3n) is 1.32. The molecule has 0 aliphatic heterocycles. The molecule has 1 N–H and O–H groups in total. The SMILES string of the molecule is OCCCSc1ncc(Br)cc1Cl. The number of hydrogen-bond acceptors (Lipinski definition) is 3. The van der Waals surface area contributed by atoms with E-state index in [4.69, 9.17) is 16.7 Å². The van der Waals surface area contributed by atoms with E-state index in [-0.39, 0.29) is 6.61 Å². The second-order valence-electron chi connectivity index (χ2n) is 2.37. The summed E-state index contributed by atoms with van der Waals surface area (Å²) >= 11 is 10.8. The quantitative estimate of drug-likeness (QED) is 0.681. The number of nitrogens with zero attached hydrogens (tertiary/aromatic N) is 1. The molecule has 0 unspecified atom stereocenters. The summed E-state index contributed by atoms with van der Waals surface area (Å²) in [5.74, 6) is 0.838. The number of rotatable bonds is 4. The van der Waals surface area contributed by atoms with E-state index in [9.17, 15) is 0 Å². The zero-order chi connectivity index (χ0) is 9.68. The van der Waals surface area contributed by atoms with Gasteiger partial charge in [0, 0.05) is 23.0 Å². The fourth-order valence-corrected chi connectivity index (χ4v) is 2.33. The highest BCUT2D eigenvalue weighted by Crippen LogP contribution is 2.27. The first-order chi connectivity index (χ1) is 6.24. The van der Waals surface area contributed by atoms with Crippen LogP contribution in [0.15, 0.2) is 21.8 Å². The zero-order valence-electron chi connectivity index (χ0n) is 6.83. The Bertz CT molecular complexity index is 285. The van der Waals surface area contributed by atoms with E-state index in [1.807, 2.05) is 6.07 Å². The largest absolute Gasteiger partial charge is 0.396 e. The summed E-state index contributed by atoms with van der Waals surface area (Å²) in [7, 11) is 0. The molecule has 0 radical (unpaired) electrons. The molecule has 0 aliphatic carbocycles. The van der Waals surface area contributed by atoms with Crippen molar-refractivity contribution in [1.29, 1.82) is 0 Å². The van der Waals surface area contributed by atoms with Gasteiger partial charge in [-0.05, 0) is 28.4 Å². The van der Waals surface area contributed by atoms with Crippen LogP contribution in [0.2, 0.25) is 5.02 Å². The molecule has 0 fully saturated rings. The van der Waals surface area contributed by atoms with Gasteiger partial charge in [0.05, 0.1) is 5.02 Å². The van der Waals surface area contributed by atoms with Crippen LogP contribution >= 0.6 is 39.3 Å². The van der Waals surface area contributed by atoms with Gasteiger partial charge in [-0.3, -0.25) is 0 Å². The van der Waals surface area contributed by atoms with Gasteiger partial charge in [0.15, 0.2) is 0 Å². The molecule has 0 saturated carbocycles. The average molecular weight is 283 g/mol. The van der Waals surface area contributed by atoms with Crippen LogP contribution < -0.4 is 0 Å². The third-order valence-corrected chi connectivity index (χ3v) is 3.24. The molecule has 0 bridgehead atoms. The lowest BCUT2D eigenvalue weighted by Gasteiger charge is -2.01. The fourth-order valence-electron chi connectivity index (χ4n) is 0.742. The number of pyridine rings is 1. The lowest BCUT2D eigenvalue weighted by atomic mass is 10.5. The molecular formula is C8H9BrClNOS. The highest BCUT2D eigenvalue weighted by atomic mass is 79.9. The van der Waals surface area contributed by atoms with Crippen LogP contribution in [0.4, 0.5) is 0 Å². The van der Waals surface area contributed by atoms with E-state index in [1.54, 1.807) is 18.0 Å². The lowest BCUT2D eigenvalue weighted by Crippen LogP contribution is -1.88. The average Bonchev–Trinajstić information content (AvgIpc) is 2.09. The van der Waals surface area contributed by atoms with Gasteiger partial charge in [-0.25, -0.2) is 4.98 Å². The van der Waals surface area contributed by atoms with Gasteiger partial charge in [-0.1, -0.05) is 11.6 Å².